The van der Waals surface area contributed by atoms with Gasteiger partial charge in [-0.1, -0.05) is 6.92 Å². The molecular formula is C24H29N5O3. The number of nitrogens with one attached hydrogen (secondary N) is 1. The van der Waals surface area contributed by atoms with Gasteiger partial charge in [0.15, 0.2) is 0 Å². The summed E-state index contributed by atoms with van der Waals surface area (Å²) in [6.07, 6.45) is 6.81. The molecule has 2 N–H and O–H groups in total. The first-order chi connectivity index (χ1) is 15.4. The molecule has 0 amide bonds. The third-order valence-corrected chi connectivity index (χ3v) is 6.36. The van der Waals surface area contributed by atoms with Crippen LogP contribution < -0.4 is 14.8 Å². The summed E-state index contributed by atoms with van der Waals surface area (Å²) in [4.78, 5) is 8.72. The maximum Gasteiger partial charge on any atom is 0.216 e. The van der Waals surface area contributed by atoms with Gasteiger partial charge in [0.1, 0.15) is 5.75 Å². The molecule has 2 atom stereocenters. The molecule has 2 aromatic heterocycles. The van der Waals surface area contributed by atoms with Gasteiger partial charge in [-0.15, -0.1) is 0 Å². The molecule has 0 aliphatic heterocycles. The highest BCUT2D eigenvalue weighted by Crippen LogP contribution is 2.43. The molecule has 1 aromatic carbocycles. The second kappa shape index (κ2) is 8.67. The van der Waals surface area contributed by atoms with E-state index in [1.54, 1.807) is 32.5 Å². The van der Waals surface area contributed by atoms with Crippen molar-refractivity contribution in [2.45, 2.75) is 44.8 Å². The molecule has 0 radical (unpaired) electrons. The normalized spacial score (nSPS) is 23.0. The van der Waals surface area contributed by atoms with Gasteiger partial charge in [-0.25, -0.2) is 9.97 Å². The Labute approximate surface area is 187 Å². The van der Waals surface area contributed by atoms with Crippen molar-refractivity contribution < 1.29 is 14.6 Å². The minimum Gasteiger partial charge on any atom is -0.494 e. The molecule has 3 aromatic rings. The van der Waals surface area contributed by atoms with Crippen LogP contribution in [0, 0.1) is 16.7 Å². The van der Waals surface area contributed by atoms with Gasteiger partial charge >= 0.3 is 0 Å². The molecule has 8 nitrogen and oxygen atoms in total. The third-order valence-electron chi connectivity index (χ3n) is 6.36. The molecule has 1 saturated carbocycles. The van der Waals surface area contributed by atoms with Crippen LogP contribution in [0.1, 0.15) is 38.2 Å². The zero-order valence-corrected chi connectivity index (χ0v) is 18.8. The predicted molar refractivity (Wildman–Crippen MR) is 122 cm³/mol. The monoisotopic (exact) mass is 435 g/mol. The fraction of sp³-hybridized carbons (Fsp3) is 0.458. The van der Waals surface area contributed by atoms with E-state index in [0.29, 0.717) is 30.2 Å². The van der Waals surface area contributed by atoms with Crippen molar-refractivity contribution in [2.75, 3.05) is 26.1 Å². The molecule has 1 fully saturated rings. The van der Waals surface area contributed by atoms with E-state index in [9.17, 15) is 10.4 Å². The quantitative estimate of drug-likeness (QED) is 0.582. The average molecular weight is 436 g/mol. The van der Waals surface area contributed by atoms with Crippen LogP contribution in [0.2, 0.25) is 0 Å². The molecule has 0 bridgehead atoms. The lowest BCUT2D eigenvalue weighted by molar-refractivity contribution is -0.0388. The number of nitrogens with zero attached hydrogens (tertiary/aromatic N) is 4. The second-order valence-electron chi connectivity index (χ2n) is 9.03. The lowest BCUT2D eigenvalue weighted by atomic mass is 9.68. The SMILES string of the molecule is COc1cc(OC)c(NC[C@]2(O)CCC[C@](C)(Cn3cnc4ccc(C#N)cc43)C2)cn1. The number of methoxy groups -OCH3 is 2. The van der Waals surface area contributed by atoms with Crippen molar-refractivity contribution in [3.05, 3.63) is 42.4 Å². The highest BCUT2D eigenvalue weighted by atomic mass is 16.5. The number of aromatic nitrogens is 3. The first-order valence-electron chi connectivity index (χ1n) is 10.8. The summed E-state index contributed by atoms with van der Waals surface area (Å²) in [6.45, 7) is 3.34. The number of nitriles is 1. The molecule has 0 unspecified atom stereocenters. The summed E-state index contributed by atoms with van der Waals surface area (Å²) in [7, 11) is 3.16. The predicted octanol–water partition coefficient (Wildman–Crippen LogP) is 3.74. The van der Waals surface area contributed by atoms with E-state index in [1.165, 1.54) is 0 Å². The van der Waals surface area contributed by atoms with Crippen molar-refractivity contribution in [1.29, 1.82) is 5.26 Å². The van der Waals surface area contributed by atoms with Crippen molar-refractivity contribution in [3.63, 3.8) is 0 Å². The summed E-state index contributed by atoms with van der Waals surface area (Å²) < 4.78 is 12.7. The second-order valence-corrected chi connectivity index (χ2v) is 9.03. The van der Waals surface area contributed by atoms with E-state index in [-0.39, 0.29) is 5.41 Å². The first-order valence-corrected chi connectivity index (χ1v) is 10.8. The van der Waals surface area contributed by atoms with E-state index in [0.717, 1.165) is 42.5 Å². The molecule has 2 heterocycles. The number of aliphatic hydroxyl groups is 1. The molecule has 32 heavy (non-hydrogen) atoms. The fourth-order valence-electron chi connectivity index (χ4n) is 4.86. The van der Waals surface area contributed by atoms with Crippen LogP contribution >= 0.6 is 0 Å². The van der Waals surface area contributed by atoms with E-state index >= 15 is 0 Å². The van der Waals surface area contributed by atoms with Crippen LogP contribution in [-0.4, -0.2) is 46.0 Å². The molecule has 168 valence electrons. The van der Waals surface area contributed by atoms with Crippen molar-refractivity contribution in [1.82, 2.24) is 14.5 Å². The summed E-state index contributed by atoms with van der Waals surface area (Å²) in [5, 5.41) is 24.0. The third kappa shape index (κ3) is 4.48. The summed E-state index contributed by atoms with van der Waals surface area (Å²) in [5.41, 5.74) is 2.21. The topological polar surface area (TPSA) is 105 Å². The van der Waals surface area contributed by atoms with Gasteiger partial charge in [-0.3, -0.25) is 0 Å². The fourth-order valence-corrected chi connectivity index (χ4v) is 4.86. The van der Waals surface area contributed by atoms with E-state index < -0.39 is 5.60 Å². The number of hydrogen-bond donors (Lipinski definition) is 2. The number of pyridine rings is 1. The van der Waals surface area contributed by atoms with Gasteiger partial charge < -0.3 is 24.5 Å². The lowest BCUT2D eigenvalue weighted by Crippen LogP contribution is -2.46. The average Bonchev–Trinajstić information content (AvgIpc) is 3.18. The van der Waals surface area contributed by atoms with Crippen LogP contribution in [0.5, 0.6) is 11.6 Å². The van der Waals surface area contributed by atoms with Crippen LogP contribution in [0.15, 0.2) is 36.8 Å². The number of rotatable bonds is 7. The van der Waals surface area contributed by atoms with Crippen LogP contribution in [0.25, 0.3) is 11.0 Å². The first kappa shape index (κ1) is 21.9. The Kier molecular flexibility index (Phi) is 5.94. The maximum absolute atomic E-state index is 11.4. The Morgan fingerprint density at radius 2 is 2.06 bits per heavy atom. The Morgan fingerprint density at radius 1 is 1.22 bits per heavy atom. The summed E-state index contributed by atoms with van der Waals surface area (Å²) >= 11 is 0. The summed E-state index contributed by atoms with van der Waals surface area (Å²) in [6, 6.07) is 9.46. The Bertz CT molecular complexity index is 1150. The van der Waals surface area contributed by atoms with Gasteiger partial charge in [0, 0.05) is 19.2 Å². The zero-order chi connectivity index (χ0) is 22.8. The standard InChI is InChI=1S/C24H29N5O3/c1-23(15-29-16-28-18-6-5-17(11-25)9-20(18)29)7-4-8-24(30,13-23)14-27-19-12-26-22(32-3)10-21(19)31-2/h5-6,9-10,12,16,27,30H,4,7-8,13-15H2,1-3H3/t23-,24-/m0/s1. The zero-order valence-electron chi connectivity index (χ0n) is 18.8. The highest BCUT2D eigenvalue weighted by Gasteiger charge is 2.41. The number of benzene rings is 1. The van der Waals surface area contributed by atoms with E-state index in [2.05, 4.69) is 32.8 Å². The number of hydrogen-bond acceptors (Lipinski definition) is 7. The van der Waals surface area contributed by atoms with E-state index in [1.807, 2.05) is 18.5 Å². The van der Waals surface area contributed by atoms with Gasteiger partial charge in [0.05, 0.1) is 60.7 Å². The molecule has 1 aliphatic rings. The Balaban J connectivity index is 1.49. The van der Waals surface area contributed by atoms with Crippen LogP contribution in [-0.2, 0) is 6.54 Å². The van der Waals surface area contributed by atoms with Gasteiger partial charge in [-0.2, -0.15) is 5.26 Å². The number of anilines is 1. The highest BCUT2D eigenvalue weighted by molar-refractivity contribution is 5.77. The molecule has 8 heteroatoms. The number of ether oxygens (including phenoxy) is 2. The summed E-state index contributed by atoms with van der Waals surface area (Å²) in [5.74, 6) is 1.10. The van der Waals surface area contributed by atoms with Crippen molar-refractivity contribution >= 4 is 16.7 Å². The van der Waals surface area contributed by atoms with Crippen molar-refractivity contribution in [2.24, 2.45) is 5.41 Å². The number of fused-ring (bicyclic) bond motifs is 1. The minimum absolute atomic E-state index is 0.104. The van der Waals surface area contributed by atoms with Gasteiger partial charge in [0.25, 0.3) is 0 Å². The molecule has 0 spiro atoms. The van der Waals surface area contributed by atoms with Crippen molar-refractivity contribution in [3.8, 4) is 17.7 Å². The molecular weight excluding hydrogens is 406 g/mol. The lowest BCUT2D eigenvalue weighted by Gasteiger charge is -2.44. The van der Waals surface area contributed by atoms with Gasteiger partial charge in [-0.05, 0) is 49.3 Å². The molecule has 4 rings (SSSR count). The van der Waals surface area contributed by atoms with Crippen LogP contribution in [0.4, 0.5) is 5.69 Å². The Morgan fingerprint density at radius 3 is 2.81 bits per heavy atom. The van der Waals surface area contributed by atoms with E-state index in [4.69, 9.17) is 9.47 Å². The number of imidazole rings is 1. The minimum atomic E-state index is -0.855. The largest absolute Gasteiger partial charge is 0.494 e. The van der Waals surface area contributed by atoms with Crippen LogP contribution in [0.3, 0.4) is 0 Å². The smallest absolute Gasteiger partial charge is 0.216 e. The molecule has 1 aliphatic carbocycles. The maximum atomic E-state index is 11.4. The molecule has 0 saturated heterocycles. The Hall–Kier alpha value is -3.31. The van der Waals surface area contributed by atoms with Gasteiger partial charge in [0.2, 0.25) is 5.88 Å².